The average Bonchev–Trinajstić information content (AvgIpc) is 2.50. The summed E-state index contributed by atoms with van der Waals surface area (Å²) < 4.78 is 14.9. The molecule has 0 unspecified atom stereocenters. The van der Waals surface area contributed by atoms with Gasteiger partial charge in [0, 0.05) is 6.92 Å². The number of ether oxygens (including phenoxy) is 3. The Kier molecular flexibility index (Phi) is 4.41. The Morgan fingerprint density at radius 3 is 2.67 bits per heavy atom. The van der Waals surface area contributed by atoms with Crippen molar-refractivity contribution in [3.05, 3.63) is 0 Å². The largest absolute Gasteiger partial charge is 0.460 e. The van der Waals surface area contributed by atoms with Crippen LogP contribution in [0.1, 0.15) is 20.8 Å². The van der Waals surface area contributed by atoms with Gasteiger partial charge in [0.15, 0.2) is 0 Å². The normalized spacial score (nSPS) is 25.3. The van der Waals surface area contributed by atoms with Crippen LogP contribution < -0.4 is 0 Å². The molecular weight excluding hydrogens is 220 g/mol. The Hall–Kier alpha value is -0.750. The van der Waals surface area contributed by atoms with E-state index in [0.717, 1.165) is 0 Å². The van der Waals surface area contributed by atoms with Crippen LogP contribution in [0, 0.1) is 0 Å². The Morgan fingerprint density at radius 2 is 2.13 bits per heavy atom. The smallest absolute Gasteiger partial charge is 0.346 e. The van der Waals surface area contributed by atoms with Gasteiger partial charge in [-0.25, -0.2) is 4.79 Å². The van der Waals surface area contributed by atoms with Gasteiger partial charge < -0.3 is 14.2 Å². The molecule has 2 atom stereocenters. The van der Waals surface area contributed by atoms with Crippen LogP contribution in [0.4, 0.5) is 0 Å². The zero-order chi connectivity index (χ0) is 11.4. The summed E-state index contributed by atoms with van der Waals surface area (Å²) in [5.41, 5.74) is -0.684. The molecule has 1 saturated heterocycles. The Balaban J connectivity index is 2.35. The van der Waals surface area contributed by atoms with Crippen molar-refractivity contribution in [3.63, 3.8) is 0 Å². The lowest BCUT2D eigenvalue weighted by Crippen LogP contribution is -2.26. The van der Waals surface area contributed by atoms with E-state index < -0.39 is 23.7 Å². The SMILES string of the molecule is CC(=O)O[C@@H]1CS[C@H](C(=O)OC(C)C)O1. The minimum absolute atomic E-state index is 0.172. The lowest BCUT2D eigenvalue weighted by Gasteiger charge is -2.13. The third-order valence-corrected chi connectivity index (χ3v) is 2.57. The van der Waals surface area contributed by atoms with Gasteiger partial charge >= 0.3 is 11.9 Å². The van der Waals surface area contributed by atoms with Crippen LogP contribution in [0.15, 0.2) is 0 Å². The molecular formula is C9H14O5S. The minimum atomic E-state index is -0.684. The lowest BCUT2D eigenvalue weighted by atomic mass is 10.5. The van der Waals surface area contributed by atoms with E-state index in [-0.39, 0.29) is 6.10 Å². The topological polar surface area (TPSA) is 61.8 Å². The fraction of sp³-hybridized carbons (Fsp3) is 0.778. The molecule has 0 amide bonds. The van der Waals surface area contributed by atoms with Crippen molar-refractivity contribution in [2.24, 2.45) is 0 Å². The van der Waals surface area contributed by atoms with Crippen molar-refractivity contribution in [2.45, 2.75) is 38.6 Å². The van der Waals surface area contributed by atoms with Gasteiger partial charge in [0.2, 0.25) is 11.7 Å². The zero-order valence-corrected chi connectivity index (χ0v) is 9.71. The van der Waals surface area contributed by atoms with Crippen LogP contribution in [-0.4, -0.2) is 35.5 Å². The number of esters is 2. The first-order valence-corrected chi connectivity index (χ1v) is 5.68. The molecule has 1 rings (SSSR count). The molecule has 1 aliphatic heterocycles. The molecule has 0 aromatic heterocycles. The maximum absolute atomic E-state index is 11.4. The summed E-state index contributed by atoms with van der Waals surface area (Å²) in [6.07, 6.45) is -0.813. The van der Waals surface area contributed by atoms with Crippen molar-refractivity contribution in [2.75, 3.05) is 5.75 Å². The van der Waals surface area contributed by atoms with Crippen LogP contribution >= 0.6 is 11.8 Å². The fourth-order valence-corrected chi connectivity index (χ4v) is 1.91. The summed E-state index contributed by atoms with van der Waals surface area (Å²) >= 11 is 1.27. The summed E-state index contributed by atoms with van der Waals surface area (Å²) in [5, 5.41) is 0. The summed E-state index contributed by atoms with van der Waals surface area (Å²) in [5.74, 6) is -0.389. The minimum Gasteiger partial charge on any atom is -0.460 e. The molecule has 0 spiro atoms. The summed E-state index contributed by atoms with van der Waals surface area (Å²) in [6, 6.07) is 0. The summed E-state index contributed by atoms with van der Waals surface area (Å²) in [6.45, 7) is 4.83. The highest BCUT2D eigenvalue weighted by Gasteiger charge is 2.34. The van der Waals surface area contributed by atoms with Crippen LogP contribution in [0.25, 0.3) is 0 Å². The van der Waals surface area contributed by atoms with Crippen LogP contribution in [0.5, 0.6) is 0 Å². The Bertz CT molecular complexity index is 253. The number of hydrogen-bond acceptors (Lipinski definition) is 6. The van der Waals surface area contributed by atoms with E-state index in [1.54, 1.807) is 13.8 Å². The first kappa shape index (κ1) is 12.3. The molecule has 86 valence electrons. The molecule has 0 bridgehead atoms. The molecule has 0 radical (unpaired) electrons. The van der Waals surface area contributed by atoms with Gasteiger partial charge in [0.25, 0.3) is 0 Å². The van der Waals surface area contributed by atoms with E-state index in [9.17, 15) is 9.59 Å². The van der Waals surface area contributed by atoms with E-state index in [4.69, 9.17) is 14.2 Å². The molecule has 0 N–H and O–H groups in total. The zero-order valence-electron chi connectivity index (χ0n) is 8.89. The molecule has 0 aromatic rings. The second-order valence-corrected chi connectivity index (χ2v) is 4.42. The second-order valence-electron chi connectivity index (χ2n) is 3.33. The Labute approximate surface area is 92.4 Å². The molecule has 0 aromatic carbocycles. The van der Waals surface area contributed by atoms with Crippen molar-refractivity contribution < 1.29 is 23.8 Å². The number of thioether (sulfide) groups is 1. The number of rotatable bonds is 3. The molecule has 1 fully saturated rings. The predicted octanol–water partition coefficient (Wildman–Crippen LogP) is 0.917. The van der Waals surface area contributed by atoms with Gasteiger partial charge in [-0.2, -0.15) is 0 Å². The summed E-state index contributed by atoms with van der Waals surface area (Å²) in [7, 11) is 0. The van der Waals surface area contributed by atoms with E-state index >= 15 is 0 Å². The monoisotopic (exact) mass is 234 g/mol. The molecule has 15 heavy (non-hydrogen) atoms. The Morgan fingerprint density at radius 1 is 1.47 bits per heavy atom. The highest BCUT2D eigenvalue weighted by atomic mass is 32.2. The van der Waals surface area contributed by atoms with E-state index in [2.05, 4.69) is 0 Å². The average molecular weight is 234 g/mol. The van der Waals surface area contributed by atoms with Crippen LogP contribution in [-0.2, 0) is 23.8 Å². The fourth-order valence-electron chi connectivity index (χ4n) is 1.04. The van der Waals surface area contributed by atoms with Gasteiger partial charge in [-0.15, -0.1) is 11.8 Å². The standard InChI is InChI=1S/C9H14O5S/c1-5(2)12-8(11)9-14-7(4-15-9)13-6(3)10/h5,7,9H,4H2,1-3H3/t7-,9+/m0/s1. The van der Waals surface area contributed by atoms with Gasteiger partial charge in [-0.05, 0) is 13.8 Å². The van der Waals surface area contributed by atoms with Gasteiger partial charge in [0.1, 0.15) is 0 Å². The molecule has 6 heteroatoms. The molecule has 0 aliphatic carbocycles. The van der Waals surface area contributed by atoms with Crippen LogP contribution in [0.3, 0.4) is 0 Å². The summed E-state index contributed by atoms with van der Waals surface area (Å²) in [4.78, 5) is 22.0. The molecule has 5 nitrogen and oxygen atoms in total. The molecule has 0 saturated carbocycles. The highest BCUT2D eigenvalue weighted by Crippen LogP contribution is 2.27. The van der Waals surface area contributed by atoms with Crippen molar-refractivity contribution in [1.29, 1.82) is 0 Å². The van der Waals surface area contributed by atoms with Crippen LogP contribution in [0.2, 0.25) is 0 Å². The number of hydrogen-bond donors (Lipinski definition) is 0. The van der Waals surface area contributed by atoms with Gasteiger partial charge in [0.05, 0.1) is 11.9 Å². The number of carbonyl (C=O) groups is 2. The van der Waals surface area contributed by atoms with E-state index in [1.807, 2.05) is 0 Å². The maximum atomic E-state index is 11.4. The quantitative estimate of drug-likeness (QED) is 0.677. The van der Waals surface area contributed by atoms with E-state index in [1.165, 1.54) is 18.7 Å². The number of carbonyl (C=O) groups excluding carboxylic acids is 2. The van der Waals surface area contributed by atoms with Crippen molar-refractivity contribution in [1.82, 2.24) is 0 Å². The van der Waals surface area contributed by atoms with Crippen molar-refractivity contribution >= 4 is 23.7 Å². The lowest BCUT2D eigenvalue weighted by molar-refractivity contribution is -0.181. The van der Waals surface area contributed by atoms with Crippen molar-refractivity contribution in [3.8, 4) is 0 Å². The first-order chi connectivity index (χ1) is 6.99. The molecule has 1 heterocycles. The van der Waals surface area contributed by atoms with Gasteiger partial charge in [-0.1, -0.05) is 0 Å². The molecule has 1 aliphatic rings. The predicted molar refractivity (Wildman–Crippen MR) is 54.1 cm³/mol. The highest BCUT2D eigenvalue weighted by molar-refractivity contribution is 8.00. The second kappa shape index (κ2) is 5.37. The van der Waals surface area contributed by atoms with Gasteiger partial charge in [-0.3, -0.25) is 4.79 Å². The maximum Gasteiger partial charge on any atom is 0.346 e. The first-order valence-electron chi connectivity index (χ1n) is 4.64. The third kappa shape index (κ3) is 4.09. The van der Waals surface area contributed by atoms with E-state index in [0.29, 0.717) is 5.75 Å². The third-order valence-electron chi connectivity index (χ3n) is 1.50.